The summed E-state index contributed by atoms with van der Waals surface area (Å²) in [5, 5.41) is 13.0. The highest BCUT2D eigenvalue weighted by molar-refractivity contribution is 5.81. The largest absolute Gasteiger partial charge is 0.494 e. The summed E-state index contributed by atoms with van der Waals surface area (Å²) < 4.78 is 5.41. The van der Waals surface area contributed by atoms with Crippen LogP contribution in [0.2, 0.25) is 0 Å². The van der Waals surface area contributed by atoms with Gasteiger partial charge in [0, 0.05) is 0 Å². The van der Waals surface area contributed by atoms with Gasteiger partial charge in [0.15, 0.2) is 0 Å². The first kappa shape index (κ1) is 13.9. The molecule has 0 bridgehead atoms. The van der Waals surface area contributed by atoms with Gasteiger partial charge in [-0.15, -0.1) is 0 Å². The maximum absolute atomic E-state index is 11.8. The molecular formula is C15H21NO3. The highest BCUT2D eigenvalue weighted by Gasteiger charge is 2.40. The molecule has 1 fully saturated rings. The van der Waals surface area contributed by atoms with Gasteiger partial charge in [0.2, 0.25) is 0 Å². The summed E-state index contributed by atoms with van der Waals surface area (Å²) in [6, 6.07) is 7.51. The van der Waals surface area contributed by atoms with Crippen molar-refractivity contribution in [3.8, 4) is 5.75 Å². The van der Waals surface area contributed by atoms with Crippen molar-refractivity contribution in [3.05, 3.63) is 29.8 Å². The van der Waals surface area contributed by atoms with Crippen LogP contribution in [-0.4, -0.2) is 30.8 Å². The van der Waals surface area contributed by atoms with Crippen LogP contribution in [-0.2, 0) is 10.2 Å². The number of rotatable bonds is 4. The molecule has 0 radical (unpaired) electrons. The second-order valence-electron chi connectivity index (χ2n) is 4.95. The molecule has 0 amide bonds. The minimum Gasteiger partial charge on any atom is -0.494 e. The Morgan fingerprint density at radius 2 is 2.05 bits per heavy atom. The van der Waals surface area contributed by atoms with Gasteiger partial charge in [-0.1, -0.05) is 12.1 Å². The van der Waals surface area contributed by atoms with E-state index in [4.69, 9.17) is 4.74 Å². The SMILES string of the molecule is CCOc1ccc(C2(C(=O)O)CCCNCC2)cc1. The van der Waals surface area contributed by atoms with Crippen LogP contribution in [0, 0.1) is 0 Å². The summed E-state index contributed by atoms with van der Waals surface area (Å²) in [4.78, 5) is 11.8. The molecule has 1 aliphatic rings. The normalized spacial score (nSPS) is 23.6. The molecule has 1 unspecified atom stereocenters. The first-order valence-electron chi connectivity index (χ1n) is 6.86. The van der Waals surface area contributed by atoms with E-state index in [1.54, 1.807) is 0 Å². The Morgan fingerprint density at radius 1 is 1.32 bits per heavy atom. The van der Waals surface area contributed by atoms with Crippen molar-refractivity contribution >= 4 is 5.97 Å². The number of carboxylic acids is 1. The van der Waals surface area contributed by atoms with Gasteiger partial charge in [-0.05, 0) is 57.0 Å². The van der Waals surface area contributed by atoms with Crippen LogP contribution in [0.3, 0.4) is 0 Å². The summed E-state index contributed by atoms with van der Waals surface area (Å²) in [7, 11) is 0. The first-order chi connectivity index (χ1) is 9.19. The van der Waals surface area contributed by atoms with Crippen molar-refractivity contribution in [1.82, 2.24) is 5.32 Å². The number of hydrogen-bond acceptors (Lipinski definition) is 3. The molecule has 0 saturated carbocycles. The number of nitrogens with one attached hydrogen (secondary N) is 1. The van der Waals surface area contributed by atoms with Crippen LogP contribution in [0.5, 0.6) is 5.75 Å². The zero-order chi connectivity index (χ0) is 13.7. The third-order valence-corrected chi connectivity index (χ3v) is 3.81. The van der Waals surface area contributed by atoms with Gasteiger partial charge in [-0.3, -0.25) is 4.79 Å². The molecule has 0 aromatic heterocycles. The summed E-state index contributed by atoms with van der Waals surface area (Å²) in [6.45, 7) is 4.20. The van der Waals surface area contributed by atoms with Gasteiger partial charge >= 0.3 is 5.97 Å². The van der Waals surface area contributed by atoms with Crippen molar-refractivity contribution in [2.45, 2.75) is 31.6 Å². The van der Waals surface area contributed by atoms with E-state index < -0.39 is 11.4 Å². The maximum atomic E-state index is 11.8. The lowest BCUT2D eigenvalue weighted by Crippen LogP contribution is -2.36. The van der Waals surface area contributed by atoms with E-state index in [0.717, 1.165) is 30.8 Å². The molecular weight excluding hydrogens is 242 g/mol. The Morgan fingerprint density at radius 3 is 2.68 bits per heavy atom. The van der Waals surface area contributed by atoms with Crippen LogP contribution in [0.1, 0.15) is 31.7 Å². The standard InChI is InChI=1S/C15H21NO3/c1-2-19-13-6-4-12(5-7-13)15(14(17)18)8-3-10-16-11-9-15/h4-7,16H,2-3,8-11H2,1H3,(H,17,18). The molecule has 2 rings (SSSR count). The number of carbonyl (C=O) groups is 1. The molecule has 104 valence electrons. The van der Waals surface area contributed by atoms with E-state index in [0.29, 0.717) is 19.4 Å². The first-order valence-corrected chi connectivity index (χ1v) is 6.86. The van der Waals surface area contributed by atoms with E-state index >= 15 is 0 Å². The maximum Gasteiger partial charge on any atom is 0.314 e. The number of ether oxygens (including phenoxy) is 1. The average Bonchev–Trinajstić information content (AvgIpc) is 2.66. The molecule has 19 heavy (non-hydrogen) atoms. The fraction of sp³-hybridized carbons (Fsp3) is 0.533. The van der Waals surface area contributed by atoms with Crippen LogP contribution in [0.15, 0.2) is 24.3 Å². The molecule has 1 aliphatic heterocycles. The molecule has 1 aromatic carbocycles. The molecule has 1 heterocycles. The van der Waals surface area contributed by atoms with Gasteiger partial charge in [-0.2, -0.15) is 0 Å². The Bertz CT molecular complexity index is 420. The summed E-state index contributed by atoms with van der Waals surface area (Å²) >= 11 is 0. The van der Waals surface area contributed by atoms with Crippen LogP contribution in [0.4, 0.5) is 0 Å². The van der Waals surface area contributed by atoms with E-state index in [2.05, 4.69) is 5.32 Å². The number of aliphatic carboxylic acids is 1. The Balaban J connectivity index is 2.29. The van der Waals surface area contributed by atoms with Gasteiger partial charge in [-0.25, -0.2) is 0 Å². The molecule has 0 aliphatic carbocycles. The van der Waals surface area contributed by atoms with Crippen molar-refractivity contribution in [2.75, 3.05) is 19.7 Å². The predicted octanol–water partition coefficient (Wildman–Crippen LogP) is 2.18. The predicted molar refractivity (Wildman–Crippen MR) is 73.6 cm³/mol. The van der Waals surface area contributed by atoms with Crippen molar-refractivity contribution in [2.24, 2.45) is 0 Å². The lowest BCUT2D eigenvalue weighted by atomic mass is 9.74. The van der Waals surface area contributed by atoms with E-state index in [-0.39, 0.29) is 0 Å². The molecule has 0 spiro atoms. The minimum absolute atomic E-state index is 0.618. The van der Waals surface area contributed by atoms with Crippen LogP contribution < -0.4 is 10.1 Å². The highest BCUT2D eigenvalue weighted by Crippen LogP contribution is 2.35. The summed E-state index contributed by atoms with van der Waals surface area (Å²) in [5.74, 6) is 0.0684. The molecule has 1 aromatic rings. The fourth-order valence-electron chi connectivity index (χ4n) is 2.73. The topological polar surface area (TPSA) is 58.6 Å². The fourth-order valence-corrected chi connectivity index (χ4v) is 2.73. The van der Waals surface area contributed by atoms with Crippen molar-refractivity contribution in [3.63, 3.8) is 0 Å². The van der Waals surface area contributed by atoms with Gasteiger partial charge in [0.05, 0.1) is 12.0 Å². The highest BCUT2D eigenvalue weighted by atomic mass is 16.5. The molecule has 2 N–H and O–H groups in total. The van der Waals surface area contributed by atoms with Gasteiger partial charge in [0.25, 0.3) is 0 Å². The number of hydrogen-bond donors (Lipinski definition) is 2. The quantitative estimate of drug-likeness (QED) is 0.874. The second kappa shape index (κ2) is 6.06. The molecule has 4 nitrogen and oxygen atoms in total. The van der Waals surface area contributed by atoms with Crippen molar-refractivity contribution in [1.29, 1.82) is 0 Å². The van der Waals surface area contributed by atoms with Crippen LogP contribution in [0.25, 0.3) is 0 Å². The van der Waals surface area contributed by atoms with Gasteiger partial charge in [0.1, 0.15) is 5.75 Å². The van der Waals surface area contributed by atoms with E-state index in [1.165, 1.54) is 0 Å². The Labute approximate surface area is 113 Å². The Hall–Kier alpha value is -1.55. The van der Waals surface area contributed by atoms with E-state index in [9.17, 15) is 9.90 Å². The Kier molecular flexibility index (Phi) is 4.43. The zero-order valence-corrected chi connectivity index (χ0v) is 11.3. The third kappa shape index (κ3) is 2.89. The average molecular weight is 263 g/mol. The summed E-state index contributed by atoms with van der Waals surface area (Å²) in [5.41, 5.74) is 0.126. The molecule has 1 saturated heterocycles. The molecule has 1 atom stereocenters. The minimum atomic E-state index is -0.756. The number of benzene rings is 1. The van der Waals surface area contributed by atoms with Gasteiger partial charge < -0.3 is 15.2 Å². The van der Waals surface area contributed by atoms with E-state index in [1.807, 2.05) is 31.2 Å². The third-order valence-electron chi connectivity index (χ3n) is 3.81. The number of carboxylic acid groups (broad SMARTS) is 1. The smallest absolute Gasteiger partial charge is 0.314 e. The molecule has 4 heteroatoms. The zero-order valence-electron chi connectivity index (χ0n) is 11.3. The van der Waals surface area contributed by atoms with Crippen molar-refractivity contribution < 1.29 is 14.6 Å². The summed E-state index contributed by atoms with van der Waals surface area (Å²) in [6.07, 6.45) is 2.21. The second-order valence-corrected chi connectivity index (χ2v) is 4.95. The lowest BCUT2D eigenvalue weighted by Gasteiger charge is -2.28. The van der Waals surface area contributed by atoms with Crippen LogP contribution >= 0.6 is 0 Å². The monoisotopic (exact) mass is 263 g/mol. The lowest BCUT2D eigenvalue weighted by molar-refractivity contribution is -0.144.